The summed E-state index contributed by atoms with van der Waals surface area (Å²) < 4.78 is 28.4. The first-order valence-electron chi connectivity index (χ1n) is 8.23. The zero-order valence-corrected chi connectivity index (χ0v) is 19.4. The van der Waals surface area contributed by atoms with Crippen molar-refractivity contribution in [2.24, 2.45) is 0 Å². The van der Waals surface area contributed by atoms with Crippen LogP contribution in [0, 0.1) is 3.57 Å². The molecular weight excluding hydrogens is 527 g/mol. The highest BCUT2D eigenvalue weighted by molar-refractivity contribution is 14.1. The largest absolute Gasteiger partial charge is 0.325 e. The molecule has 2 aromatic carbocycles. The zero-order valence-electron chi connectivity index (χ0n) is 14.8. The lowest BCUT2D eigenvalue weighted by Gasteiger charge is -2.13. The fraction of sp³-hybridized carbons (Fsp3) is 0.105. The second kappa shape index (κ2) is 9.29. The zero-order chi connectivity index (χ0) is 20.1. The summed E-state index contributed by atoms with van der Waals surface area (Å²) in [5.74, 6) is -0.0892. The van der Waals surface area contributed by atoms with Gasteiger partial charge in [0.15, 0.2) is 0 Å². The molecule has 1 atom stereocenters. The Morgan fingerprint density at radius 3 is 2.29 bits per heavy atom. The van der Waals surface area contributed by atoms with Crippen molar-refractivity contribution >= 4 is 73.0 Å². The van der Waals surface area contributed by atoms with E-state index in [9.17, 15) is 13.2 Å². The fourth-order valence-corrected chi connectivity index (χ4v) is 5.54. The number of rotatable bonds is 7. The van der Waals surface area contributed by atoms with Gasteiger partial charge in [-0.25, -0.2) is 8.42 Å². The van der Waals surface area contributed by atoms with Crippen molar-refractivity contribution in [3.8, 4) is 0 Å². The van der Waals surface area contributed by atoms with E-state index in [1.54, 1.807) is 41.8 Å². The monoisotopic (exact) mass is 544 g/mol. The molecule has 28 heavy (non-hydrogen) atoms. The van der Waals surface area contributed by atoms with Gasteiger partial charge < -0.3 is 5.32 Å². The summed E-state index contributed by atoms with van der Waals surface area (Å²) >= 11 is 4.79. The minimum Gasteiger partial charge on any atom is -0.325 e. The molecule has 1 amide bonds. The topological polar surface area (TPSA) is 75.3 Å². The molecule has 0 saturated carbocycles. The van der Waals surface area contributed by atoms with Crippen molar-refractivity contribution in [2.75, 3.05) is 10.0 Å². The highest BCUT2D eigenvalue weighted by Crippen LogP contribution is 2.27. The first-order chi connectivity index (χ1) is 13.3. The number of hydrogen-bond donors (Lipinski definition) is 2. The Morgan fingerprint density at radius 1 is 1.04 bits per heavy atom. The van der Waals surface area contributed by atoms with E-state index in [1.807, 2.05) is 31.2 Å². The number of benzene rings is 2. The van der Waals surface area contributed by atoms with Gasteiger partial charge in [-0.3, -0.25) is 9.52 Å². The minimum absolute atomic E-state index is 0.0892. The summed E-state index contributed by atoms with van der Waals surface area (Å²) in [5.41, 5.74) is 1.24. The summed E-state index contributed by atoms with van der Waals surface area (Å²) in [5, 5.41) is 4.31. The third kappa shape index (κ3) is 5.72. The lowest BCUT2D eigenvalue weighted by molar-refractivity contribution is -0.115. The molecule has 1 unspecified atom stereocenters. The third-order valence-corrected chi connectivity index (χ3v) is 8.27. The first-order valence-corrected chi connectivity index (χ1v) is 12.5. The molecule has 0 aliphatic rings. The number of carbonyl (C=O) groups is 1. The molecule has 0 aliphatic heterocycles. The highest BCUT2D eigenvalue weighted by atomic mass is 127. The summed E-state index contributed by atoms with van der Waals surface area (Å²) in [4.78, 5) is 13.2. The second-order valence-corrected chi connectivity index (χ2v) is 11.3. The molecule has 146 valence electrons. The number of anilines is 2. The molecule has 3 aromatic rings. The molecule has 0 aliphatic carbocycles. The molecular formula is C19H17IN2O3S3. The predicted molar refractivity (Wildman–Crippen MR) is 125 cm³/mol. The Hall–Kier alpha value is -1.56. The molecule has 1 heterocycles. The Balaban J connectivity index is 1.59. The minimum atomic E-state index is -3.56. The van der Waals surface area contributed by atoms with Crippen LogP contribution >= 0.6 is 45.7 Å². The van der Waals surface area contributed by atoms with E-state index in [-0.39, 0.29) is 15.4 Å². The van der Waals surface area contributed by atoms with Crippen molar-refractivity contribution in [1.82, 2.24) is 0 Å². The van der Waals surface area contributed by atoms with Gasteiger partial charge in [-0.05, 0) is 89.5 Å². The van der Waals surface area contributed by atoms with Gasteiger partial charge in [0.1, 0.15) is 4.21 Å². The summed E-state index contributed by atoms with van der Waals surface area (Å²) in [7, 11) is -3.56. The van der Waals surface area contributed by atoms with E-state index in [0.717, 1.165) is 14.2 Å². The molecule has 9 heteroatoms. The molecule has 0 fully saturated rings. The molecule has 2 N–H and O–H groups in total. The van der Waals surface area contributed by atoms with Crippen molar-refractivity contribution in [3.05, 3.63) is 69.6 Å². The number of thioether (sulfide) groups is 1. The van der Waals surface area contributed by atoms with Gasteiger partial charge in [-0.15, -0.1) is 23.1 Å². The molecule has 0 saturated heterocycles. The Kier molecular flexibility index (Phi) is 7.02. The van der Waals surface area contributed by atoms with E-state index in [4.69, 9.17) is 0 Å². The molecule has 0 radical (unpaired) electrons. The van der Waals surface area contributed by atoms with Crippen molar-refractivity contribution in [1.29, 1.82) is 0 Å². The number of thiophene rings is 1. The van der Waals surface area contributed by atoms with Crippen molar-refractivity contribution in [2.45, 2.75) is 21.3 Å². The van der Waals surface area contributed by atoms with Gasteiger partial charge >= 0.3 is 0 Å². The Labute approximate surface area is 186 Å². The predicted octanol–water partition coefficient (Wildman–Crippen LogP) is 5.27. The SMILES string of the molecule is CC(Sc1ccc(NS(=O)(=O)c2cccs2)cc1)C(=O)Nc1ccc(I)cc1. The second-order valence-electron chi connectivity index (χ2n) is 5.82. The molecule has 5 nitrogen and oxygen atoms in total. The van der Waals surface area contributed by atoms with E-state index < -0.39 is 10.0 Å². The van der Waals surface area contributed by atoms with Gasteiger partial charge in [0.2, 0.25) is 5.91 Å². The summed E-state index contributed by atoms with van der Waals surface area (Å²) in [6, 6.07) is 17.8. The van der Waals surface area contributed by atoms with Crippen LogP contribution in [-0.2, 0) is 14.8 Å². The van der Waals surface area contributed by atoms with E-state index >= 15 is 0 Å². The van der Waals surface area contributed by atoms with E-state index in [2.05, 4.69) is 32.6 Å². The lowest BCUT2D eigenvalue weighted by atomic mass is 10.3. The maximum atomic E-state index is 12.4. The van der Waals surface area contributed by atoms with Gasteiger partial charge in [0.05, 0.1) is 5.25 Å². The lowest BCUT2D eigenvalue weighted by Crippen LogP contribution is -2.22. The first kappa shape index (κ1) is 21.2. The summed E-state index contributed by atoms with van der Waals surface area (Å²) in [6.45, 7) is 1.83. The maximum Gasteiger partial charge on any atom is 0.271 e. The maximum absolute atomic E-state index is 12.4. The van der Waals surface area contributed by atoms with Crippen LogP contribution in [0.2, 0.25) is 0 Å². The average Bonchev–Trinajstić information content (AvgIpc) is 3.21. The van der Waals surface area contributed by atoms with Gasteiger partial charge in [0.25, 0.3) is 10.0 Å². The third-order valence-electron chi connectivity index (χ3n) is 3.66. The number of sulfonamides is 1. The number of hydrogen-bond acceptors (Lipinski definition) is 5. The number of nitrogens with one attached hydrogen (secondary N) is 2. The molecule has 0 bridgehead atoms. The van der Waals surface area contributed by atoms with Crippen molar-refractivity contribution < 1.29 is 13.2 Å². The number of halogens is 1. The van der Waals surface area contributed by atoms with Crippen LogP contribution in [0.25, 0.3) is 0 Å². The van der Waals surface area contributed by atoms with Gasteiger partial charge in [-0.2, -0.15) is 0 Å². The van der Waals surface area contributed by atoms with Crippen LogP contribution in [0.15, 0.2) is 75.1 Å². The van der Waals surface area contributed by atoms with Gasteiger partial charge in [0, 0.05) is 19.8 Å². The van der Waals surface area contributed by atoms with Crippen LogP contribution in [0.4, 0.5) is 11.4 Å². The van der Waals surface area contributed by atoms with Crippen LogP contribution in [0.5, 0.6) is 0 Å². The van der Waals surface area contributed by atoms with E-state index in [0.29, 0.717) is 5.69 Å². The van der Waals surface area contributed by atoms with Crippen molar-refractivity contribution in [3.63, 3.8) is 0 Å². The average molecular weight is 544 g/mol. The fourth-order valence-electron chi connectivity index (χ4n) is 2.26. The van der Waals surface area contributed by atoms with Crippen LogP contribution < -0.4 is 10.0 Å². The van der Waals surface area contributed by atoms with Crippen LogP contribution in [-0.4, -0.2) is 19.6 Å². The van der Waals surface area contributed by atoms with Crippen LogP contribution in [0.3, 0.4) is 0 Å². The summed E-state index contributed by atoms with van der Waals surface area (Å²) in [6.07, 6.45) is 0. The number of carbonyl (C=O) groups excluding carboxylic acids is 1. The molecule has 3 rings (SSSR count). The quantitative estimate of drug-likeness (QED) is 0.314. The molecule has 1 aromatic heterocycles. The Morgan fingerprint density at radius 2 is 1.68 bits per heavy atom. The number of amides is 1. The van der Waals surface area contributed by atoms with Gasteiger partial charge in [-0.1, -0.05) is 6.07 Å². The molecule has 0 spiro atoms. The van der Waals surface area contributed by atoms with E-state index in [1.165, 1.54) is 23.1 Å². The smallest absolute Gasteiger partial charge is 0.271 e. The highest BCUT2D eigenvalue weighted by Gasteiger charge is 2.17. The van der Waals surface area contributed by atoms with Crippen LogP contribution in [0.1, 0.15) is 6.92 Å². The Bertz CT molecular complexity index is 1040. The standard InChI is InChI=1S/C19H17IN2O3S3/c1-13(19(23)21-15-6-4-14(20)5-7-15)27-17-10-8-16(9-11-17)22-28(24,25)18-3-2-12-26-18/h2-13,22H,1H3,(H,21,23). The normalized spacial score (nSPS) is 12.4.